The highest BCUT2D eigenvalue weighted by Gasteiger charge is 2.34. The van der Waals surface area contributed by atoms with Crippen LogP contribution >= 0.6 is 0 Å². The van der Waals surface area contributed by atoms with E-state index in [0.29, 0.717) is 12.0 Å². The van der Waals surface area contributed by atoms with Crippen LogP contribution in [0.5, 0.6) is 0 Å². The lowest BCUT2D eigenvalue weighted by Crippen LogP contribution is -2.48. The average Bonchev–Trinajstić information content (AvgIpc) is 2.16. The lowest BCUT2D eigenvalue weighted by atomic mass is 9.74. The third-order valence-corrected chi connectivity index (χ3v) is 3.03. The standard InChI is InChI=1S/C12H14FNO/c13-10-4-2-9(3-5-10)11(15)8-12(14)6-1-7-12/h2-5H,1,6-8,14H2. The summed E-state index contributed by atoms with van der Waals surface area (Å²) in [6.07, 6.45) is 3.31. The van der Waals surface area contributed by atoms with Crippen molar-refractivity contribution in [2.24, 2.45) is 5.73 Å². The van der Waals surface area contributed by atoms with Gasteiger partial charge >= 0.3 is 0 Å². The molecule has 0 atom stereocenters. The molecule has 0 aliphatic heterocycles. The van der Waals surface area contributed by atoms with Crippen LogP contribution in [0.1, 0.15) is 36.0 Å². The SMILES string of the molecule is NC1(CC(=O)c2ccc(F)cc2)CCC1. The van der Waals surface area contributed by atoms with Crippen LogP contribution in [-0.4, -0.2) is 11.3 Å². The third-order valence-electron chi connectivity index (χ3n) is 3.03. The summed E-state index contributed by atoms with van der Waals surface area (Å²) in [6.45, 7) is 0. The number of nitrogens with two attached hydrogens (primary N) is 1. The molecule has 0 unspecified atom stereocenters. The Labute approximate surface area is 88.3 Å². The predicted octanol–water partition coefficient (Wildman–Crippen LogP) is 2.28. The molecule has 2 N–H and O–H groups in total. The van der Waals surface area contributed by atoms with Gasteiger partial charge in [0.05, 0.1) is 0 Å². The van der Waals surface area contributed by atoms with E-state index in [0.717, 1.165) is 19.3 Å². The zero-order valence-electron chi connectivity index (χ0n) is 8.50. The maximum absolute atomic E-state index is 12.6. The largest absolute Gasteiger partial charge is 0.325 e. The third kappa shape index (κ3) is 2.23. The zero-order chi connectivity index (χ0) is 10.9. The number of carbonyl (C=O) groups is 1. The van der Waals surface area contributed by atoms with E-state index in [-0.39, 0.29) is 17.1 Å². The second-order valence-electron chi connectivity index (χ2n) is 4.32. The number of Topliss-reactive ketones (excluding diaryl/α,β-unsaturated/α-hetero) is 1. The first kappa shape index (κ1) is 10.3. The molecule has 1 saturated carbocycles. The molecule has 0 saturated heterocycles. The van der Waals surface area contributed by atoms with Crippen molar-refractivity contribution < 1.29 is 9.18 Å². The molecule has 1 aromatic rings. The quantitative estimate of drug-likeness (QED) is 0.773. The Kier molecular flexibility index (Phi) is 2.57. The fourth-order valence-electron chi connectivity index (χ4n) is 1.87. The topological polar surface area (TPSA) is 43.1 Å². The van der Waals surface area contributed by atoms with Gasteiger partial charge in [-0.1, -0.05) is 0 Å². The van der Waals surface area contributed by atoms with Gasteiger partial charge in [0, 0.05) is 17.5 Å². The van der Waals surface area contributed by atoms with Crippen molar-refractivity contribution in [3.63, 3.8) is 0 Å². The summed E-state index contributed by atoms with van der Waals surface area (Å²) in [7, 11) is 0. The van der Waals surface area contributed by atoms with Crippen LogP contribution in [0.25, 0.3) is 0 Å². The Hall–Kier alpha value is -1.22. The maximum atomic E-state index is 12.6. The summed E-state index contributed by atoms with van der Waals surface area (Å²) in [5, 5.41) is 0. The average molecular weight is 207 g/mol. The molecule has 1 fully saturated rings. The number of halogens is 1. The summed E-state index contributed by atoms with van der Waals surface area (Å²) < 4.78 is 12.6. The van der Waals surface area contributed by atoms with E-state index in [4.69, 9.17) is 5.73 Å². The number of hydrogen-bond donors (Lipinski definition) is 1. The van der Waals surface area contributed by atoms with Gasteiger partial charge in [-0.3, -0.25) is 4.79 Å². The van der Waals surface area contributed by atoms with Crippen molar-refractivity contribution in [3.8, 4) is 0 Å². The van der Waals surface area contributed by atoms with Crippen LogP contribution in [0.2, 0.25) is 0 Å². The Morgan fingerprint density at radius 3 is 2.40 bits per heavy atom. The van der Waals surface area contributed by atoms with Crippen LogP contribution in [0.15, 0.2) is 24.3 Å². The summed E-state index contributed by atoms with van der Waals surface area (Å²) in [4.78, 5) is 11.8. The molecular formula is C12H14FNO. The molecule has 15 heavy (non-hydrogen) atoms. The number of ketones is 1. The minimum atomic E-state index is -0.322. The zero-order valence-corrected chi connectivity index (χ0v) is 8.50. The molecule has 1 aromatic carbocycles. The first-order valence-electron chi connectivity index (χ1n) is 5.17. The molecule has 0 bridgehead atoms. The van der Waals surface area contributed by atoms with E-state index in [1.54, 1.807) is 0 Å². The van der Waals surface area contributed by atoms with E-state index in [2.05, 4.69) is 0 Å². The minimum Gasteiger partial charge on any atom is -0.325 e. The summed E-state index contributed by atoms with van der Waals surface area (Å²) in [5.41, 5.74) is 6.23. The smallest absolute Gasteiger partial charge is 0.164 e. The minimum absolute atomic E-state index is 0.0113. The van der Waals surface area contributed by atoms with Gasteiger partial charge in [0.1, 0.15) is 5.82 Å². The van der Waals surface area contributed by atoms with Gasteiger partial charge in [-0.2, -0.15) is 0 Å². The first-order valence-corrected chi connectivity index (χ1v) is 5.17. The van der Waals surface area contributed by atoms with Crippen molar-refractivity contribution in [1.82, 2.24) is 0 Å². The monoisotopic (exact) mass is 207 g/mol. The molecule has 1 aliphatic carbocycles. The van der Waals surface area contributed by atoms with Crippen molar-refractivity contribution in [2.75, 3.05) is 0 Å². The fourth-order valence-corrected chi connectivity index (χ4v) is 1.87. The van der Waals surface area contributed by atoms with Crippen molar-refractivity contribution in [2.45, 2.75) is 31.2 Å². The highest BCUT2D eigenvalue weighted by Crippen LogP contribution is 2.33. The second-order valence-corrected chi connectivity index (χ2v) is 4.32. The summed E-state index contributed by atoms with van der Waals surface area (Å²) in [5.74, 6) is -0.310. The van der Waals surface area contributed by atoms with E-state index >= 15 is 0 Å². The van der Waals surface area contributed by atoms with E-state index < -0.39 is 0 Å². The molecule has 0 radical (unpaired) electrons. The molecule has 3 heteroatoms. The number of carbonyl (C=O) groups excluding carboxylic acids is 1. The second kappa shape index (κ2) is 3.74. The van der Waals surface area contributed by atoms with Crippen LogP contribution in [-0.2, 0) is 0 Å². The Balaban J connectivity index is 2.04. The number of hydrogen-bond acceptors (Lipinski definition) is 2. The van der Waals surface area contributed by atoms with E-state index in [1.165, 1.54) is 24.3 Å². The molecule has 0 amide bonds. The first-order chi connectivity index (χ1) is 7.09. The van der Waals surface area contributed by atoms with Crippen LogP contribution in [0, 0.1) is 5.82 Å². The van der Waals surface area contributed by atoms with E-state index in [1.807, 2.05) is 0 Å². The van der Waals surface area contributed by atoms with E-state index in [9.17, 15) is 9.18 Å². The summed E-state index contributed by atoms with van der Waals surface area (Å²) in [6, 6.07) is 5.63. The molecule has 0 heterocycles. The number of rotatable bonds is 3. The van der Waals surface area contributed by atoms with Gasteiger partial charge < -0.3 is 5.73 Å². The normalized spacial score (nSPS) is 18.3. The van der Waals surface area contributed by atoms with Crippen LogP contribution < -0.4 is 5.73 Å². The molecule has 2 nitrogen and oxygen atoms in total. The van der Waals surface area contributed by atoms with Crippen molar-refractivity contribution in [1.29, 1.82) is 0 Å². The van der Waals surface area contributed by atoms with Gasteiger partial charge in [-0.15, -0.1) is 0 Å². The predicted molar refractivity (Wildman–Crippen MR) is 56.1 cm³/mol. The van der Waals surface area contributed by atoms with Crippen LogP contribution in [0.3, 0.4) is 0 Å². The Morgan fingerprint density at radius 1 is 1.33 bits per heavy atom. The highest BCUT2D eigenvalue weighted by molar-refractivity contribution is 5.96. The molecule has 80 valence electrons. The van der Waals surface area contributed by atoms with Gasteiger partial charge in [0.2, 0.25) is 0 Å². The molecule has 2 rings (SSSR count). The lowest BCUT2D eigenvalue weighted by Gasteiger charge is -2.37. The Bertz CT molecular complexity index is 368. The molecule has 0 aromatic heterocycles. The van der Waals surface area contributed by atoms with Gasteiger partial charge in [-0.25, -0.2) is 4.39 Å². The highest BCUT2D eigenvalue weighted by atomic mass is 19.1. The fraction of sp³-hybridized carbons (Fsp3) is 0.417. The Morgan fingerprint density at radius 2 is 1.93 bits per heavy atom. The molecular weight excluding hydrogens is 193 g/mol. The summed E-state index contributed by atoms with van der Waals surface area (Å²) >= 11 is 0. The van der Waals surface area contributed by atoms with Crippen molar-refractivity contribution >= 4 is 5.78 Å². The van der Waals surface area contributed by atoms with Gasteiger partial charge in [-0.05, 0) is 43.5 Å². The van der Waals surface area contributed by atoms with Gasteiger partial charge in [0.15, 0.2) is 5.78 Å². The number of benzene rings is 1. The van der Waals surface area contributed by atoms with Gasteiger partial charge in [0.25, 0.3) is 0 Å². The maximum Gasteiger partial charge on any atom is 0.164 e. The van der Waals surface area contributed by atoms with Crippen LogP contribution in [0.4, 0.5) is 4.39 Å². The molecule has 1 aliphatic rings. The lowest BCUT2D eigenvalue weighted by molar-refractivity contribution is 0.0912. The molecule has 0 spiro atoms. The van der Waals surface area contributed by atoms with Crippen molar-refractivity contribution in [3.05, 3.63) is 35.6 Å².